The number of pyridine rings is 2. The van der Waals surface area contributed by atoms with E-state index in [2.05, 4.69) is 31.3 Å². The van der Waals surface area contributed by atoms with Crippen LogP contribution in [0.2, 0.25) is 0 Å². The van der Waals surface area contributed by atoms with Crippen molar-refractivity contribution >= 4 is 34.3 Å². The van der Waals surface area contributed by atoms with E-state index in [1.54, 1.807) is 12.3 Å². The van der Waals surface area contributed by atoms with Gasteiger partial charge in [-0.25, -0.2) is 14.4 Å². The van der Waals surface area contributed by atoms with Crippen LogP contribution in [0.1, 0.15) is 5.69 Å². The molecule has 0 fully saturated rings. The van der Waals surface area contributed by atoms with Gasteiger partial charge in [0.15, 0.2) is 0 Å². The number of anilines is 2. The van der Waals surface area contributed by atoms with E-state index in [0.717, 1.165) is 28.7 Å². The summed E-state index contributed by atoms with van der Waals surface area (Å²) in [5.74, 6) is 0.828. The van der Waals surface area contributed by atoms with Crippen molar-refractivity contribution in [1.82, 2.24) is 15.0 Å². The molecule has 22 heavy (non-hydrogen) atoms. The van der Waals surface area contributed by atoms with Crippen molar-refractivity contribution in [2.45, 2.75) is 0 Å². The molecule has 108 valence electrons. The van der Waals surface area contributed by atoms with Gasteiger partial charge < -0.3 is 10.3 Å². The van der Waals surface area contributed by atoms with Crippen molar-refractivity contribution in [1.29, 1.82) is 0 Å². The number of aromatic nitrogens is 3. The lowest BCUT2D eigenvalue weighted by atomic mass is 10.2. The standard InChI is InChI=1S/C16H12FN5/c17-12-1-2-15(20-9-12)22-16-6-14-11(8-19-16)5-13(21-14)10-3-4-18-7-10/h1-3,5-9,21H,4H2,(H,19,20,22). The van der Waals surface area contributed by atoms with Crippen molar-refractivity contribution in [3.63, 3.8) is 0 Å². The minimum atomic E-state index is -0.366. The lowest BCUT2D eigenvalue weighted by molar-refractivity contribution is 0.622. The number of H-pyrrole nitrogens is 1. The van der Waals surface area contributed by atoms with Gasteiger partial charge in [-0.3, -0.25) is 4.99 Å². The van der Waals surface area contributed by atoms with Gasteiger partial charge in [-0.05, 0) is 18.2 Å². The predicted octanol–water partition coefficient (Wildman–Crippen LogP) is 3.31. The predicted molar refractivity (Wildman–Crippen MR) is 84.9 cm³/mol. The molecule has 3 aromatic heterocycles. The molecule has 0 atom stereocenters. The molecule has 3 aromatic rings. The van der Waals surface area contributed by atoms with E-state index < -0.39 is 0 Å². The lowest BCUT2D eigenvalue weighted by Crippen LogP contribution is -1.95. The zero-order chi connectivity index (χ0) is 14.9. The number of halogens is 1. The fourth-order valence-electron chi connectivity index (χ4n) is 2.37. The molecule has 0 bridgehead atoms. The van der Waals surface area contributed by atoms with Crippen LogP contribution in [0.15, 0.2) is 47.7 Å². The van der Waals surface area contributed by atoms with Gasteiger partial charge in [0.1, 0.15) is 17.5 Å². The molecular formula is C16H12FN5. The molecule has 2 N–H and O–H groups in total. The van der Waals surface area contributed by atoms with Crippen LogP contribution in [0, 0.1) is 5.82 Å². The Morgan fingerprint density at radius 3 is 2.77 bits per heavy atom. The van der Waals surface area contributed by atoms with Crippen LogP contribution < -0.4 is 5.32 Å². The molecule has 0 aliphatic carbocycles. The molecule has 5 nitrogen and oxygen atoms in total. The number of fused-ring (bicyclic) bond motifs is 1. The number of aliphatic imine (C=N–C) groups is 1. The highest BCUT2D eigenvalue weighted by Gasteiger charge is 2.08. The third kappa shape index (κ3) is 2.35. The summed E-state index contributed by atoms with van der Waals surface area (Å²) in [6, 6.07) is 6.87. The second kappa shape index (κ2) is 5.07. The third-order valence-corrected chi connectivity index (χ3v) is 3.45. The molecule has 1 aliphatic heterocycles. The molecule has 0 aromatic carbocycles. The molecular weight excluding hydrogens is 281 g/mol. The SMILES string of the molecule is Fc1ccc(Nc2cc3[nH]c(C4=CCN=C4)cc3cn2)nc1. The van der Waals surface area contributed by atoms with Gasteiger partial charge >= 0.3 is 0 Å². The van der Waals surface area contributed by atoms with Crippen LogP contribution in [0.5, 0.6) is 0 Å². The van der Waals surface area contributed by atoms with Gasteiger partial charge in [-0.15, -0.1) is 0 Å². The number of rotatable bonds is 3. The van der Waals surface area contributed by atoms with E-state index in [1.165, 1.54) is 12.3 Å². The summed E-state index contributed by atoms with van der Waals surface area (Å²) >= 11 is 0. The van der Waals surface area contributed by atoms with Gasteiger partial charge in [-0.1, -0.05) is 6.08 Å². The zero-order valence-electron chi connectivity index (χ0n) is 11.5. The third-order valence-electron chi connectivity index (χ3n) is 3.45. The second-order valence-corrected chi connectivity index (χ2v) is 4.98. The summed E-state index contributed by atoms with van der Waals surface area (Å²) in [5.41, 5.74) is 3.08. The largest absolute Gasteiger partial charge is 0.354 e. The minimum absolute atomic E-state index is 0.366. The summed E-state index contributed by atoms with van der Waals surface area (Å²) in [5, 5.41) is 4.07. The summed E-state index contributed by atoms with van der Waals surface area (Å²) < 4.78 is 12.9. The van der Waals surface area contributed by atoms with Crippen molar-refractivity contribution in [3.05, 3.63) is 54.2 Å². The Morgan fingerprint density at radius 2 is 2.00 bits per heavy atom. The maximum absolute atomic E-state index is 12.9. The summed E-state index contributed by atoms with van der Waals surface area (Å²) in [7, 11) is 0. The fourth-order valence-corrected chi connectivity index (χ4v) is 2.37. The van der Waals surface area contributed by atoms with Crippen molar-refractivity contribution < 1.29 is 4.39 Å². The highest BCUT2D eigenvalue weighted by atomic mass is 19.1. The van der Waals surface area contributed by atoms with E-state index in [4.69, 9.17) is 0 Å². The maximum atomic E-state index is 12.9. The van der Waals surface area contributed by atoms with Crippen LogP contribution in [0.25, 0.3) is 16.5 Å². The first-order valence-electron chi connectivity index (χ1n) is 6.86. The number of allylic oxidation sites excluding steroid dienone is 1. The Labute approximate surface area is 125 Å². The van der Waals surface area contributed by atoms with E-state index in [-0.39, 0.29) is 5.82 Å². The summed E-state index contributed by atoms with van der Waals surface area (Å²) in [6.07, 6.45) is 6.88. The normalized spacial score (nSPS) is 13.6. The van der Waals surface area contributed by atoms with Gasteiger partial charge in [0, 0.05) is 35.1 Å². The Bertz CT molecular complexity index is 893. The number of hydrogen-bond acceptors (Lipinski definition) is 4. The first-order valence-corrected chi connectivity index (χ1v) is 6.86. The first-order chi connectivity index (χ1) is 10.8. The van der Waals surface area contributed by atoms with Gasteiger partial charge in [-0.2, -0.15) is 0 Å². The lowest BCUT2D eigenvalue weighted by Gasteiger charge is -2.04. The Morgan fingerprint density at radius 1 is 1.09 bits per heavy atom. The molecule has 0 spiro atoms. The smallest absolute Gasteiger partial charge is 0.141 e. The fraction of sp³-hybridized carbons (Fsp3) is 0.0625. The molecule has 0 unspecified atom stereocenters. The maximum Gasteiger partial charge on any atom is 0.141 e. The Kier molecular flexibility index (Phi) is 2.93. The average molecular weight is 293 g/mol. The van der Waals surface area contributed by atoms with E-state index in [9.17, 15) is 4.39 Å². The summed E-state index contributed by atoms with van der Waals surface area (Å²) in [4.78, 5) is 15.8. The topological polar surface area (TPSA) is 66.0 Å². The number of aromatic amines is 1. The molecule has 6 heteroatoms. The number of hydrogen-bond donors (Lipinski definition) is 2. The monoisotopic (exact) mass is 293 g/mol. The molecule has 0 amide bonds. The number of nitrogens with zero attached hydrogens (tertiary/aromatic N) is 3. The second-order valence-electron chi connectivity index (χ2n) is 4.98. The van der Waals surface area contributed by atoms with E-state index in [1.807, 2.05) is 18.3 Å². The molecule has 4 rings (SSSR count). The van der Waals surface area contributed by atoms with Gasteiger partial charge in [0.2, 0.25) is 0 Å². The number of nitrogens with one attached hydrogen (secondary N) is 2. The van der Waals surface area contributed by atoms with Crippen molar-refractivity contribution in [3.8, 4) is 0 Å². The average Bonchev–Trinajstić information content (AvgIpc) is 3.17. The quantitative estimate of drug-likeness (QED) is 0.778. The van der Waals surface area contributed by atoms with Gasteiger partial charge in [0.05, 0.1) is 18.3 Å². The first kappa shape index (κ1) is 12.7. The van der Waals surface area contributed by atoms with Gasteiger partial charge in [0.25, 0.3) is 0 Å². The van der Waals surface area contributed by atoms with Crippen LogP contribution in [0.4, 0.5) is 16.0 Å². The summed E-state index contributed by atoms with van der Waals surface area (Å²) in [6.45, 7) is 0.728. The van der Waals surface area contributed by atoms with E-state index in [0.29, 0.717) is 11.6 Å². The van der Waals surface area contributed by atoms with Crippen molar-refractivity contribution in [2.75, 3.05) is 11.9 Å². The Balaban J connectivity index is 1.65. The molecule has 4 heterocycles. The van der Waals surface area contributed by atoms with Crippen molar-refractivity contribution in [2.24, 2.45) is 4.99 Å². The molecule has 0 saturated heterocycles. The van der Waals surface area contributed by atoms with Crippen LogP contribution in [-0.2, 0) is 0 Å². The highest BCUT2D eigenvalue weighted by molar-refractivity contribution is 6.12. The van der Waals surface area contributed by atoms with Crippen LogP contribution in [0.3, 0.4) is 0 Å². The Hall–Kier alpha value is -3.02. The minimum Gasteiger partial charge on any atom is -0.354 e. The zero-order valence-corrected chi connectivity index (χ0v) is 11.5. The molecule has 0 saturated carbocycles. The molecule has 0 radical (unpaired) electrons. The highest BCUT2D eigenvalue weighted by Crippen LogP contribution is 2.23. The molecule has 1 aliphatic rings. The van der Waals surface area contributed by atoms with E-state index >= 15 is 0 Å². The van der Waals surface area contributed by atoms with Crippen LogP contribution in [-0.4, -0.2) is 27.7 Å². The van der Waals surface area contributed by atoms with Crippen LogP contribution >= 0.6 is 0 Å².